The van der Waals surface area contributed by atoms with Crippen LogP contribution in [0.1, 0.15) is 73.6 Å². The first-order valence-corrected chi connectivity index (χ1v) is 14.9. The van der Waals surface area contributed by atoms with E-state index in [1.54, 1.807) is 8.87 Å². The van der Waals surface area contributed by atoms with Crippen LogP contribution in [0, 0.1) is 0 Å². The normalized spacial score (nSPS) is 14.4. The number of rotatable bonds is 9. The maximum atomic E-state index is 2.57. The van der Waals surface area contributed by atoms with Crippen LogP contribution in [0.15, 0.2) is 0 Å². The summed E-state index contributed by atoms with van der Waals surface area (Å²) in [7, 11) is 0. The minimum absolute atomic E-state index is 1.04. The maximum absolute atomic E-state index is 2.57. The Morgan fingerprint density at radius 2 is 1.25 bits per heavy atom. The zero-order valence-electron chi connectivity index (χ0n) is 12.6. The second-order valence-electron chi connectivity index (χ2n) is 5.90. The van der Waals surface area contributed by atoms with Crippen molar-refractivity contribution in [3.8, 4) is 0 Å². The molecule has 0 aliphatic carbocycles. The molecule has 0 aliphatic rings. The molecule has 0 aromatic heterocycles. The monoisotopic (exact) mass is 334 g/mol. The average Bonchev–Trinajstić information content (AvgIpc) is 2.28. The van der Waals surface area contributed by atoms with Crippen LogP contribution in [0.25, 0.3) is 0 Å². The van der Waals surface area contributed by atoms with Crippen LogP contribution >= 0.6 is 0 Å². The van der Waals surface area contributed by atoms with Crippen molar-refractivity contribution in [2.75, 3.05) is 0 Å². The fourth-order valence-electron chi connectivity index (χ4n) is 3.18. The first kappa shape index (κ1) is 16.8. The van der Waals surface area contributed by atoms with E-state index >= 15 is 0 Å². The van der Waals surface area contributed by atoms with Gasteiger partial charge < -0.3 is 0 Å². The SMILES string of the molecule is CCC[CH2][Sn]([CH2]CCC)([CH](C)C)[CH](C)CC. The molecule has 0 amide bonds. The number of hydrogen-bond acceptors (Lipinski definition) is 0. The van der Waals surface area contributed by atoms with Gasteiger partial charge in [-0.15, -0.1) is 0 Å². The van der Waals surface area contributed by atoms with E-state index in [-0.39, 0.29) is 0 Å². The van der Waals surface area contributed by atoms with Crippen LogP contribution < -0.4 is 0 Å². The van der Waals surface area contributed by atoms with Crippen molar-refractivity contribution in [3.63, 3.8) is 0 Å². The fourth-order valence-corrected chi connectivity index (χ4v) is 21.3. The van der Waals surface area contributed by atoms with Crippen LogP contribution in [0.2, 0.25) is 16.7 Å². The van der Waals surface area contributed by atoms with Crippen molar-refractivity contribution in [1.82, 2.24) is 0 Å². The molecule has 0 aliphatic heterocycles. The van der Waals surface area contributed by atoms with Gasteiger partial charge in [-0.05, 0) is 0 Å². The quantitative estimate of drug-likeness (QED) is 0.438. The molecule has 1 heteroatoms. The molecule has 98 valence electrons. The summed E-state index contributed by atoms with van der Waals surface area (Å²) in [5.74, 6) is 0. The Hall–Kier alpha value is 0.799. The van der Waals surface area contributed by atoms with E-state index in [1.807, 2.05) is 0 Å². The van der Waals surface area contributed by atoms with E-state index < -0.39 is 18.4 Å². The molecule has 0 rings (SSSR count). The van der Waals surface area contributed by atoms with Crippen molar-refractivity contribution in [2.45, 2.75) is 90.4 Å². The predicted molar refractivity (Wildman–Crippen MR) is 80.0 cm³/mol. The van der Waals surface area contributed by atoms with Crippen LogP contribution in [-0.4, -0.2) is 18.4 Å². The average molecular weight is 333 g/mol. The summed E-state index contributed by atoms with van der Waals surface area (Å²) in [6.07, 6.45) is 7.23. The summed E-state index contributed by atoms with van der Waals surface area (Å²) >= 11 is -1.85. The second-order valence-corrected chi connectivity index (χ2v) is 21.9. The summed E-state index contributed by atoms with van der Waals surface area (Å²) in [5, 5.41) is 0. The molecule has 0 nitrogen and oxygen atoms in total. The number of unbranched alkanes of at least 4 members (excludes halogenated alkanes) is 2. The molecule has 0 N–H and O–H groups in total. The van der Waals surface area contributed by atoms with Crippen molar-refractivity contribution >= 4 is 18.4 Å². The topological polar surface area (TPSA) is 0 Å². The standard InChI is InChI=1S/3C4H9.C3H7.Sn/c3*1-3-4-2;1-3-2;/h3H,4H2,1-2H3;2*1,3-4H2,2H3;3H,1-2H3;. The molecule has 1 unspecified atom stereocenters. The molecule has 0 aromatic rings. The van der Waals surface area contributed by atoms with E-state index in [0.29, 0.717) is 0 Å². The zero-order chi connectivity index (χ0) is 12.6. The summed E-state index contributed by atoms with van der Waals surface area (Å²) in [5.41, 5.74) is 0. The molecule has 0 saturated heterocycles. The molecular formula is C15H34Sn. The van der Waals surface area contributed by atoms with Gasteiger partial charge in [-0.1, -0.05) is 0 Å². The molecule has 0 heterocycles. The van der Waals surface area contributed by atoms with Crippen LogP contribution in [-0.2, 0) is 0 Å². The van der Waals surface area contributed by atoms with Gasteiger partial charge in [-0.2, -0.15) is 0 Å². The Bertz CT molecular complexity index is 155. The van der Waals surface area contributed by atoms with Gasteiger partial charge in [-0.3, -0.25) is 0 Å². The van der Waals surface area contributed by atoms with E-state index in [1.165, 1.54) is 32.1 Å². The third-order valence-corrected chi connectivity index (χ3v) is 25.4. The van der Waals surface area contributed by atoms with Crippen LogP contribution in [0.3, 0.4) is 0 Å². The molecule has 0 spiro atoms. The van der Waals surface area contributed by atoms with E-state index in [2.05, 4.69) is 41.5 Å². The third kappa shape index (κ3) is 4.58. The molecular weight excluding hydrogens is 299 g/mol. The first-order valence-electron chi connectivity index (χ1n) is 7.55. The molecule has 1 atom stereocenters. The summed E-state index contributed by atoms with van der Waals surface area (Å²) < 4.78 is 5.44. The summed E-state index contributed by atoms with van der Waals surface area (Å²) in [6.45, 7) is 14.8. The first-order chi connectivity index (χ1) is 7.55. The summed E-state index contributed by atoms with van der Waals surface area (Å²) in [4.78, 5) is 0. The van der Waals surface area contributed by atoms with Gasteiger partial charge in [0.15, 0.2) is 0 Å². The Balaban J connectivity index is 4.73. The Morgan fingerprint density at radius 1 is 0.812 bits per heavy atom. The van der Waals surface area contributed by atoms with Gasteiger partial charge in [0, 0.05) is 0 Å². The zero-order valence-corrected chi connectivity index (χ0v) is 15.5. The van der Waals surface area contributed by atoms with Gasteiger partial charge >= 0.3 is 109 Å². The van der Waals surface area contributed by atoms with Crippen molar-refractivity contribution in [2.24, 2.45) is 0 Å². The van der Waals surface area contributed by atoms with Crippen LogP contribution in [0.5, 0.6) is 0 Å². The van der Waals surface area contributed by atoms with Gasteiger partial charge in [0.1, 0.15) is 0 Å². The predicted octanol–water partition coefficient (Wildman–Crippen LogP) is 6.25. The Morgan fingerprint density at radius 3 is 1.50 bits per heavy atom. The third-order valence-electron chi connectivity index (χ3n) is 4.74. The van der Waals surface area contributed by atoms with Gasteiger partial charge in [0.25, 0.3) is 0 Å². The fraction of sp³-hybridized carbons (Fsp3) is 1.00. The minimum atomic E-state index is -1.85. The molecule has 0 aromatic carbocycles. The van der Waals surface area contributed by atoms with E-state index in [0.717, 1.165) is 7.87 Å². The Labute approximate surface area is 108 Å². The van der Waals surface area contributed by atoms with Gasteiger partial charge in [-0.25, -0.2) is 0 Å². The van der Waals surface area contributed by atoms with Crippen molar-refractivity contribution < 1.29 is 0 Å². The van der Waals surface area contributed by atoms with E-state index in [4.69, 9.17) is 0 Å². The molecule has 0 radical (unpaired) electrons. The molecule has 0 bridgehead atoms. The van der Waals surface area contributed by atoms with Crippen molar-refractivity contribution in [1.29, 1.82) is 0 Å². The van der Waals surface area contributed by atoms with Crippen LogP contribution in [0.4, 0.5) is 0 Å². The van der Waals surface area contributed by atoms with E-state index in [9.17, 15) is 0 Å². The molecule has 16 heavy (non-hydrogen) atoms. The summed E-state index contributed by atoms with van der Waals surface area (Å²) in [6, 6.07) is 0. The number of hydrogen-bond donors (Lipinski definition) is 0. The second kappa shape index (κ2) is 8.83. The van der Waals surface area contributed by atoms with Gasteiger partial charge in [0.2, 0.25) is 0 Å². The van der Waals surface area contributed by atoms with Gasteiger partial charge in [0.05, 0.1) is 0 Å². The molecule has 0 fully saturated rings. The molecule has 0 saturated carbocycles. The van der Waals surface area contributed by atoms with Crippen molar-refractivity contribution in [3.05, 3.63) is 0 Å². The Kier molecular flexibility index (Phi) is 9.27.